The second-order valence-electron chi connectivity index (χ2n) is 3.29. The van der Waals surface area contributed by atoms with Crippen LogP contribution in [-0.4, -0.2) is 19.3 Å². The monoisotopic (exact) mass is 179 g/mol. The van der Waals surface area contributed by atoms with E-state index in [1.807, 2.05) is 25.1 Å². The average Bonchev–Trinajstić information content (AvgIpc) is 2.14. The average molecular weight is 179 g/mol. The summed E-state index contributed by atoms with van der Waals surface area (Å²) in [5, 5.41) is 0. The molecule has 0 aromatic heterocycles. The summed E-state index contributed by atoms with van der Waals surface area (Å²) in [6.07, 6.45) is 0.966. The third kappa shape index (κ3) is 4.65. The van der Waals surface area contributed by atoms with Gasteiger partial charge in [-0.2, -0.15) is 0 Å². The topological polar surface area (TPSA) is 35.2 Å². The van der Waals surface area contributed by atoms with E-state index >= 15 is 0 Å². The Balaban J connectivity index is 2.13. The molecule has 13 heavy (non-hydrogen) atoms. The van der Waals surface area contributed by atoms with Crippen LogP contribution in [0.5, 0.6) is 0 Å². The van der Waals surface area contributed by atoms with Crippen LogP contribution in [0.25, 0.3) is 0 Å². The Morgan fingerprint density at radius 2 is 2.00 bits per heavy atom. The second kappa shape index (κ2) is 5.73. The second-order valence-corrected chi connectivity index (χ2v) is 3.29. The van der Waals surface area contributed by atoms with E-state index in [0.29, 0.717) is 6.61 Å². The molecule has 0 fully saturated rings. The van der Waals surface area contributed by atoms with Crippen LogP contribution in [-0.2, 0) is 11.2 Å². The lowest BCUT2D eigenvalue weighted by Crippen LogP contribution is -2.22. The molecule has 0 saturated carbocycles. The highest BCUT2D eigenvalue weighted by molar-refractivity contribution is 5.14. The molecule has 0 aliphatic heterocycles. The molecule has 2 N–H and O–H groups in total. The molecule has 72 valence electrons. The molecule has 1 rings (SSSR count). The van der Waals surface area contributed by atoms with Crippen LogP contribution in [0.4, 0.5) is 0 Å². The van der Waals surface area contributed by atoms with Gasteiger partial charge < -0.3 is 10.5 Å². The molecule has 1 atom stereocenters. The summed E-state index contributed by atoms with van der Waals surface area (Å²) in [6, 6.07) is 10.5. The number of nitrogens with two attached hydrogens (primary N) is 1. The standard InChI is InChI=1S/C11H17NO/c1-10(12)9-13-8-7-11-5-3-2-4-6-11/h2-6,10H,7-9,12H2,1H3. The molecule has 0 bridgehead atoms. The molecule has 1 unspecified atom stereocenters. The minimum atomic E-state index is 0.135. The molecule has 0 aliphatic rings. The molecule has 0 radical (unpaired) electrons. The van der Waals surface area contributed by atoms with E-state index in [4.69, 9.17) is 10.5 Å². The van der Waals surface area contributed by atoms with E-state index in [0.717, 1.165) is 13.0 Å². The number of ether oxygens (including phenoxy) is 1. The fourth-order valence-electron chi connectivity index (χ4n) is 1.10. The number of benzene rings is 1. The van der Waals surface area contributed by atoms with Gasteiger partial charge in [0.1, 0.15) is 0 Å². The van der Waals surface area contributed by atoms with Gasteiger partial charge in [0.05, 0.1) is 13.2 Å². The highest BCUT2D eigenvalue weighted by Crippen LogP contribution is 1.99. The normalized spacial score (nSPS) is 12.8. The number of hydrogen-bond donors (Lipinski definition) is 1. The Labute approximate surface area is 79.7 Å². The molecular formula is C11H17NO. The van der Waals surface area contributed by atoms with E-state index in [9.17, 15) is 0 Å². The van der Waals surface area contributed by atoms with Gasteiger partial charge in [0.2, 0.25) is 0 Å². The Morgan fingerprint density at radius 1 is 1.31 bits per heavy atom. The molecule has 0 aliphatic carbocycles. The van der Waals surface area contributed by atoms with E-state index < -0.39 is 0 Å². The molecule has 0 heterocycles. The van der Waals surface area contributed by atoms with E-state index in [2.05, 4.69) is 12.1 Å². The summed E-state index contributed by atoms with van der Waals surface area (Å²) < 4.78 is 5.37. The third-order valence-corrected chi connectivity index (χ3v) is 1.76. The zero-order valence-corrected chi connectivity index (χ0v) is 8.07. The van der Waals surface area contributed by atoms with Crippen LogP contribution in [0.3, 0.4) is 0 Å². The number of rotatable bonds is 5. The van der Waals surface area contributed by atoms with Crippen molar-refractivity contribution in [3.63, 3.8) is 0 Å². The van der Waals surface area contributed by atoms with E-state index in [1.165, 1.54) is 5.56 Å². The summed E-state index contributed by atoms with van der Waals surface area (Å²) in [5.74, 6) is 0. The van der Waals surface area contributed by atoms with E-state index in [1.54, 1.807) is 0 Å². The fraction of sp³-hybridized carbons (Fsp3) is 0.455. The largest absolute Gasteiger partial charge is 0.380 e. The smallest absolute Gasteiger partial charge is 0.0614 e. The molecule has 0 amide bonds. The predicted molar refractivity (Wildman–Crippen MR) is 54.6 cm³/mol. The van der Waals surface area contributed by atoms with Gasteiger partial charge >= 0.3 is 0 Å². The molecule has 0 spiro atoms. The van der Waals surface area contributed by atoms with Crippen LogP contribution in [0.1, 0.15) is 12.5 Å². The van der Waals surface area contributed by atoms with Crippen LogP contribution < -0.4 is 5.73 Å². The van der Waals surface area contributed by atoms with Crippen LogP contribution in [0.15, 0.2) is 30.3 Å². The minimum Gasteiger partial charge on any atom is -0.380 e. The zero-order chi connectivity index (χ0) is 9.52. The van der Waals surface area contributed by atoms with Crippen molar-refractivity contribution >= 4 is 0 Å². The fourth-order valence-corrected chi connectivity index (χ4v) is 1.10. The van der Waals surface area contributed by atoms with Crippen molar-refractivity contribution < 1.29 is 4.74 Å². The number of hydrogen-bond acceptors (Lipinski definition) is 2. The molecule has 2 nitrogen and oxygen atoms in total. The Kier molecular flexibility index (Phi) is 4.50. The van der Waals surface area contributed by atoms with Crippen molar-refractivity contribution in [2.24, 2.45) is 5.73 Å². The molecule has 0 saturated heterocycles. The highest BCUT2D eigenvalue weighted by Gasteiger charge is 1.94. The maximum absolute atomic E-state index is 5.55. The van der Waals surface area contributed by atoms with Gasteiger partial charge in [0.15, 0.2) is 0 Å². The van der Waals surface area contributed by atoms with Gasteiger partial charge in [-0.25, -0.2) is 0 Å². The molecule has 2 heteroatoms. The van der Waals surface area contributed by atoms with Crippen molar-refractivity contribution in [3.8, 4) is 0 Å². The highest BCUT2D eigenvalue weighted by atomic mass is 16.5. The lowest BCUT2D eigenvalue weighted by molar-refractivity contribution is 0.127. The van der Waals surface area contributed by atoms with Gasteiger partial charge in [-0.3, -0.25) is 0 Å². The SMILES string of the molecule is CC(N)COCCc1ccccc1. The van der Waals surface area contributed by atoms with Crippen molar-refractivity contribution in [1.82, 2.24) is 0 Å². The van der Waals surface area contributed by atoms with Gasteiger partial charge in [0, 0.05) is 6.04 Å². The van der Waals surface area contributed by atoms with Gasteiger partial charge in [-0.1, -0.05) is 30.3 Å². The van der Waals surface area contributed by atoms with Crippen molar-refractivity contribution in [1.29, 1.82) is 0 Å². The maximum atomic E-state index is 5.55. The summed E-state index contributed by atoms with van der Waals surface area (Å²) >= 11 is 0. The maximum Gasteiger partial charge on any atom is 0.0614 e. The molecule has 1 aromatic carbocycles. The van der Waals surface area contributed by atoms with Crippen molar-refractivity contribution in [2.45, 2.75) is 19.4 Å². The van der Waals surface area contributed by atoms with Crippen LogP contribution in [0, 0.1) is 0 Å². The first-order chi connectivity index (χ1) is 6.29. The first-order valence-electron chi connectivity index (χ1n) is 4.66. The van der Waals surface area contributed by atoms with Gasteiger partial charge in [-0.05, 0) is 18.9 Å². The third-order valence-electron chi connectivity index (χ3n) is 1.76. The minimum absolute atomic E-state index is 0.135. The summed E-state index contributed by atoms with van der Waals surface area (Å²) in [4.78, 5) is 0. The van der Waals surface area contributed by atoms with E-state index in [-0.39, 0.29) is 6.04 Å². The Bertz CT molecular complexity index is 221. The summed E-state index contributed by atoms with van der Waals surface area (Å²) in [7, 11) is 0. The first-order valence-corrected chi connectivity index (χ1v) is 4.66. The van der Waals surface area contributed by atoms with Crippen molar-refractivity contribution in [2.75, 3.05) is 13.2 Å². The van der Waals surface area contributed by atoms with Crippen LogP contribution in [0.2, 0.25) is 0 Å². The first kappa shape index (κ1) is 10.2. The summed E-state index contributed by atoms with van der Waals surface area (Å²) in [6.45, 7) is 3.35. The zero-order valence-electron chi connectivity index (χ0n) is 8.07. The summed E-state index contributed by atoms with van der Waals surface area (Å²) in [5.41, 5.74) is 6.86. The predicted octanol–water partition coefficient (Wildman–Crippen LogP) is 1.59. The van der Waals surface area contributed by atoms with Crippen molar-refractivity contribution in [3.05, 3.63) is 35.9 Å². The molecule has 1 aromatic rings. The quantitative estimate of drug-likeness (QED) is 0.697. The molecular weight excluding hydrogens is 162 g/mol. The Morgan fingerprint density at radius 3 is 2.62 bits per heavy atom. The van der Waals surface area contributed by atoms with Crippen LogP contribution >= 0.6 is 0 Å². The Hall–Kier alpha value is -0.860. The lowest BCUT2D eigenvalue weighted by atomic mass is 10.2. The van der Waals surface area contributed by atoms with Gasteiger partial charge in [-0.15, -0.1) is 0 Å². The van der Waals surface area contributed by atoms with Gasteiger partial charge in [0.25, 0.3) is 0 Å². The lowest BCUT2D eigenvalue weighted by Gasteiger charge is -2.06.